The zero-order valence-corrected chi connectivity index (χ0v) is 12.3. The van der Waals surface area contributed by atoms with Gasteiger partial charge in [-0.05, 0) is 25.8 Å². The van der Waals surface area contributed by atoms with E-state index < -0.39 is 0 Å². The van der Waals surface area contributed by atoms with Crippen molar-refractivity contribution in [1.82, 2.24) is 4.90 Å². The molecule has 1 unspecified atom stereocenters. The summed E-state index contributed by atoms with van der Waals surface area (Å²) in [4.78, 5) is 13.3. The quantitative estimate of drug-likeness (QED) is 0.684. The highest BCUT2D eigenvalue weighted by Crippen LogP contribution is 2.31. The van der Waals surface area contributed by atoms with E-state index >= 15 is 0 Å². The van der Waals surface area contributed by atoms with E-state index in [-0.39, 0.29) is 5.91 Å². The summed E-state index contributed by atoms with van der Waals surface area (Å²) in [6.07, 6.45) is 1.62. The molecule has 1 atom stereocenters. The predicted molar refractivity (Wildman–Crippen MR) is 74.9 cm³/mol. The Morgan fingerprint density at radius 1 is 1.41 bits per heavy atom. The van der Waals surface area contributed by atoms with Crippen LogP contribution in [0.2, 0.25) is 0 Å². The first-order valence-electron chi connectivity index (χ1n) is 6.56. The minimum atomic E-state index is 0.252. The Labute approximate surface area is 106 Å². The van der Waals surface area contributed by atoms with Gasteiger partial charge in [0.05, 0.1) is 0 Å². The Bertz CT molecular complexity index is 311. The van der Waals surface area contributed by atoms with Crippen molar-refractivity contribution in [3.8, 4) is 0 Å². The smallest absolute Gasteiger partial charge is 0.223 e. The molecule has 17 heavy (non-hydrogen) atoms. The van der Waals surface area contributed by atoms with Gasteiger partial charge in [0, 0.05) is 25.9 Å². The second kappa shape index (κ2) is 7.31. The van der Waals surface area contributed by atoms with Crippen molar-refractivity contribution < 1.29 is 4.79 Å². The molecule has 1 rings (SSSR count). The Morgan fingerprint density at radius 2 is 1.94 bits per heavy atom. The Morgan fingerprint density at radius 3 is 2.24 bits per heavy atom. The molecule has 2 nitrogen and oxygen atoms in total. The van der Waals surface area contributed by atoms with Gasteiger partial charge in [0.15, 0.2) is 0 Å². The topological polar surface area (TPSA) is 20.3 Å². The van der Waals surface area contributed by atoms with Crippen LogP contribution in [-0.4, -0.2) is 24.4 Å². The van der Waals surface area contributed by atoms with Gasteiger partial charge in [-0.1, -0.05) is 38.5 Å². The van der Waals surface area contributed by atoms with Crippen LogP contribution in [0.5, 0.6) is 0 Å². The first kappa shape index (κ1) is 16.0. The third kappa shape index (κ3) is 4.03. The van der Waals surface area contributed by atoms with E-state index in [0.717, 1.165) is 13.0 Å². The largest absolute Gasteiger partial charge is 0.345 e. The number of hydrogen-bond donors (Lipinski definition) is 0. The van der Waals surface area contributed by atoms with Gasteiger partial charge in [-0.2, -0.15) is 0 Å². The SMILES string of the molecule is C=C(CC)C(=C(C)C)C1CC(=O)N(C)C1.CC. The molecule has 0 bridgehead atoms. The van der Waals surface area contributed by atoms with Crippen LogP contribution in [0.3, 0.4) is 0 Å². The first-order chi connectivity index (χ1) is 7.97. The molecule has 1 aliphatic heterocycles. The van der Waals surface area contributed by atoms with Gasteiger partial charge in [0.1, 0.15) is 0 Å². The molecule has 0 N–H and O–H groups in total. The molecule has 0 radical (unpaired) electrons. The van der Waals surface area contributed by atoms with Crippen LogP contribution in [0.1, 0.15) is 47.5 Å². The van der Waals surface area contributed by atoms with E-state index in [1.165, 1.54) is 16.7 Å². The average molecular weight is 237 g/mol. The van der Waals surface area contributed by atoms with Crippen LogP contribution in [0, 0.1) is 5.92 Å². The number of hydrogen-bond acceptors (Lipinski definition) is 1. The van der Waals surface area contributed by atoms with Crippen LogP contribution >= 0.6 is 0 Å². The second-order valence-corrected chi connectivity index (χ2v) is 4.55. The number of carbonyl (C=O) groups excluding carboxylic acids is 1. The molecule has 2 heteroatoms. The summed E-state index contributed by atoms with van der Waals surface area (Å²) < 4.78 is 0. The Hall–Kier alpha value is -1.05. The van der Waals surface area contributed by atoms with Gasteiger partial charge in [0.2, 0.25) is 5.91 Å². The fourth-order valence-corrected chi connectivity index (χ4v) is 2.30. The van der Waals surface area contributed by atoms with E-state index in [2.05, 4.69) is 27.4 Å². The summed E-state index contributed by atoms with van der Waals surface area (Å²) in [6.45, 7) is 15.3. The summed E-state index contributed by atoms with van der Waals surface area (Å²) in [5.41, 5.74) is 3.80. The number of carbonyl (C=O) groups is 1. The summed E-state index contributed by atoms with van der Waals surface area (Å²) >= 11 is 0. The highest BCUT2D eigenvalue weighted by molar-refractivity contribution is 5.79. The predicted octanol–water partition coefficient (Wildman–Crippen LogP) is 3.79. The van der Waals surface area contributed by atoms with E-state index in [1.54, 1.807) is 0 Å². The van der Waals surface area contributed by atoms with Crippen molar-refractivity contribution in [2.75, 3.05) is 13.6 Å². The molecule has 1 fully saturated rings. The summed E-state index contributed by atoms with van der Waals surface area (Å²) in [7, 11) is 1.87. The van der Waals surface area contributed by atoms with Crippen molar-refractivity contribution in [3.63, 3.8) is 0 Å². The molecular weight excluding hydrogens is 210 g/mol. The molecule has 1 saturated heterocycles. The zero-order valence-electron chi connectivity index (χ0n) is 12.3. The molecule has 98 valence electrons. The number of amides is 1. The Kier molecular flexibility index (Phi) is 6.86. The second-order valence-electron chi connectivity index (χ2n) is 4.55. The molecule has 0 aromatic heterocycles. The monoisotopic (exact) mass is 237 g/mol. The maximum absolute atomic E-state index is 11.5. The van der Waals surface area contributed by atoms with E-state index in [0.29, 0.717) is 12.3 Å². The van der Waals surface area contributed by atoms with Crippen LogP contribution < -0.4 is 0 Å². The summed E-state index contributed by atoms with van der Waals surface area (Å²) in [6, 6.07) is 0. The van der Waals surface area contributed by atoms with Crippen molar-refractivity contribution >= 4 is 5.91 Å². The maximum atomic E-state index is 11.5. The summed E-state index contributed by atoms with van der Waals surface area (Å²) in [5.74, 6) is 0.614. The zero-order chi connectivity index (χ0) is 13.6. The van der Waals surface area contributed by atoms with Crippen molar-refractivity contribution in [1.29, 1.82) is 0 Å². The molecule has 0 spiro atoms. The van der Waals surface area contributed by atoms with Gasteiger partial charge in [-0.15, -0.1) is 0 Å². The summed E-state index contributed by atoms with van der Waals surface area (Å²) in [5, 5.41) is 0. The van der Waals surface area contributed by atoms with E-state index in [1.807, 2.05) is 25.8 Å². The van der Waals surface area contributed by atoms with Crippen LogP contribution in [-0.2, 0) is 4.79 Å². The maximum Gasteiger partial charge on any atom is 0.223 e. The number of allylic oxidation sites excluding steroid dienone is 2. The van der Waals surface area contributed by atoms with Gasteiger partial charge in [-0.25, -0.2) is 0 Å². The number of rotatable bonds is 3. The minimum absolute atomic E-state index is 0.252. The lowest BCUT2D eigenvalue weighted by atomic mass is 9.88. The van der Waals surface area contributed by atoms with Crippen molar-refractivity contribution in [2.24, 2.45) is 5.92 Å². The molecule has 1 heterocycles. The molecular formula is C15H27NO. The molecule has 1 amide bonds. The lowest BCUT2D eigenvalue weighted by Crippen LogP contribution is -2.19. The van der Waals surface area contributed by atoms with Gasteiger partial charge < -0.3 is 4.90 Å². The molecule has 1 aliphatic rings. The fourth-order valence-electron chi connectivity index (χ4n) is 2.30. The van der Waals surface area contributed by atoms with Gasteiger partial charge in [-0.3, -0.25) is 4.79 Å². The minimum Gasteiger partial charge on any atom is -0.345 e. The van der Waals surface area contributed by atoms with E-state index in [9.17, 15) is 4.79 Å². The third-order valence-electron chi connectivity index (χ3n) is 3.10. The van der Waals surface area contributed by atoms with Crippen LogP contribution in [0.25, 0.3) is 0 Å². The third-order valence-corrected chi connectivity index (χ3v) is 3.10. The van der Waals surface area contributed by atoms with Crippen LogP contribution in [0.15, 0.2) is 23.3 Å². The highest BCUT2D eigenvalue weighted by Gasteiger charge is 2.30. The first-order valence-corrected chi connectivity index (χ1v) is 6.56. The highest BCUT2D eigenvalue weighted by atomic mass is 16.2. The lowest BCUT2D eigenvalue weighted by Gasteiger charge is -2.18. The van der Waals surface area contributed by atoms with Gasteiger partial charge in [0.25, 0.3) is 0 Å². The molecule has 0 saturated carbocycles. The normalized spacial score (nSPS) is 18.6. The average Bonchev–Trinajstić information content (AvgIpc) is 2.61. The van der Waals surface area contributed by atoms with Gasteiger partial charge >= 0.3 is 0 Å². The molecule has 0 aromatic rings. The number of nitrogens with zero attached hydrogens (tertiary/aromatic N) is 1. The fraction of sp³-hybridized carbons (Fsp3) is 0.667. The van der Waals surface area contributed by atoms with E-state index in [4.69, 9.17) is 0 Å². The van der Waals surface area contributed by atoms with Crippen LogP contribution in [0.4, 0.5) is 0 Å². The molecule has 0 aliphatic carbocycles. The van der Waals surface area contributed by atoms with Crippen molar-refractivity contribution in [3.05, 3.63) is 23.3 Å². The number of likely N-dealkylation sites (tertiary alicyclic amines) is 1. The van der Waals surface area contributed by atoms with Crippen molar-refractivity contribution in [2.45, 2.75) is 47.5 Å². The Balaban J connectivity index is 0.00000121. The molecule has 0 aromatic carbocycles. The lowest BCUT2D eigenvalue weighted by molar-refractivity contribution is -0.126. The standard InChI is InChI=1S/C13H21NO.C2H6/c1-6-10(4)13(9(2)3)11-7-12(15)14(5)8-11;1-2/h11H,4,6-8H2,1-3,5H3;1-2H3.